The van der Waals surface area contributed by atoms with Crippen molar-refractivity contribution in [2.24, 2.45) is 10.9 Å². The zero-order chi connectivity index (χ0) is 15.5. The fourth-order valence-electron chi connectivity index (χ4n) is 2.91. The second kappa shape index (κ2) is 6.45. The number of carbonyl (C=O) groups excluding carboxylic acids is 1. The lowest BCUT2D eigenvalue weighted by Crippen LogP contribution is -2.21. The highest BCUT2D eigenvalue weighted by Gasteiger charge is 2.21. The standard InChI is InChI=1S/C17H17FN2OS/c1-2-10-20-14-9-8-13(18)11-15(14)22-17(20)19-16(21)12-6-4-3-5-7-12/h1,8-9,11-12H,3-7,10H2. The molecule has 1 aliphatic carbocycles. The second-order valence-corrected chi connectivity index (χ2v) is 6.58. The van der Waals surface area contributed by atoms with Crippen molar-refractivity contribution >= 4 is 27.5 Å². The summed E-state index contributed by atoms with van der Waals surface area (Å²) in [5, 5.41) is 0. The van der Waals surface area contributed by atoms with Crippen LogP contribution in [-0.2, 0) is 11.3 Å². The van der Waals surface area contributed by atoms with Crippen LogP contribution >= 0.6 is 11.3 Å². The Morgan fingerprint density at radius 1 is 1.41 bits per heavy atom. The molecule has 114 valence electrons. The maximum absolute atomic E-state index is 13.4. The summed E-state index contributed by atoms with van der Waals surface area (Å²) >= 11 is 1.31. The van der Waals surface area contributed by atoms with Crippen LogP contribution in [0.3, 0.4) is 0 Å². The molecule has 1 aromatic heterocycles. The van der Waals surface area contributed by atoms with Crippen LogP contribution < -0.4 is 4.80 Å². The van der Waals surface area contributed by atoms with Gasteiger partial charge in [0, 0.05) is 5.92 Å². The first-order valence-corrected chi connectivity index (χ1v) is 8.31. The van der Waals surface area contributed by atoms with E-state index in [2.05, 4.69) is 10.9 Å². The van der Waals surface area contributed by atoms with E-state index in [-0.39, 0.29) is 17.6 Å². The molecular weight excluding hydrogens is 299 g/mol. The minimum atomic E-state index is -0.299. The van der Waals surface area contributed by atoms with Crippen LogP contribution in [-0.4, -0.2) is 10.5 Å². The van der Waals surface area contributed by atoms with Gasteiger partial charge in [0.05, 0.1) is 16.8 Å². The van der Waals surface area contributed by atoms with Gasteiger partial charge in [-0.3, -0.25) is 4.79 Å². The summed E-state index contributed by atoms with van der Waals surface area (Å²) in [5.41, 5.74) is 0.819. The Labute approximate surface area is 132 Å². The summed E-state index contributed by atoms with van der Waals surface area (Å²) in [6.45, 7) is 0.322. The highest BCUT2D eigenvalue weighted by Crippen LogP contribution is 2.25. The number of aromatic nitrogens is 1. The molecule has 1 heterocycles. The zero-order valence-electron chi connectivity index (χ0n) is 12.2. The number of halogens is 1. The molecular formula is C17H17FN2OS. The van der Waals surface area contributed by atoms with Crippen molar-refractivity contribution < 1.29 is 9.18 Å². The maximum atomic E-state index is 13.4. The average Bonchev–Trinajstić information content (AvgIpc) is 2.85. The number of hydrogen-bond donors (Lipinski definition) is 0. The molecule has 0 unspecified atom stereocenters. The lowest BCUT2D eigenvalue weighted by Gasteiger charge is -2.17. The van der Waals surface area contributed by atoms with Gasteiger partial charge in [0.15, 0.2) is 4.80 Å². The van der Waals surface area contributed by atoms with E-state index in [1.165, 1.54) is 29.9 Å². The van der Waals surface area contributed by atoms with Gasteiger partial charge < -0.3 is 4.57 Å². The van der Waals surface area contributed by atoms with Crippen molar-refractivity contribution in [2.45, 2.75) is 38.6 Å². The highest BCUT2D eigenvalue weighted by atomic mass is 32.1. The van der Waals surface area contributed by atoms with Gasteiger partial charge in [-0.05, 0) is 31.0 Å². The molecule has 0 atom stereocenters. The van der Waals surface area contributed by atoms with Gasteiger partial charge in [0.25, 0.3) is 5.91 Å². The molecule has 0 radical (unpaired) electrons. The van der Waals surface area contributed by atoms with Gasteiger partial charge in [0.1, 0.15) is 5.82 Å². The van der Waals surface area contributed by atoms with E-state index in [1.54, 1.807) is 10.6 Å². The van der Waals surface area contributed by atoms with Gasteiger partial charge in [-0.2, -0.15) is 4.99 Å². The third-order valence-electron chi connectivity index (χ3n) is 4.05. The molecule has 0 N–H and O–H groups in total. The van der Waals surface area contributed by atoms with Gasteiger partial charge in [-0.1, -0.05) is 36.5 Å². The summed E-state index contributed by atoms with van der Waals surface area (Å²) in [4.78, 5) is 17.2. The van der Waals surface area contributed by atoms with Crippen LogP contribution in [0.25, 0.3) is 10.2 Å². The van der Waals surface area contributed by atoms with E-state index in [1.807, 2.05) is 0 Å². The largest absolute Gasteiger partial charge is 0.305 e. The first-order chi connectivity index (χ1) is 10.7. The number of fused-ring (bicyclic) bond motifs is 1. The Hall–Kier alpha value is -1.93. The van der Waals surface area contributed by atoms with Crippen molar-refractivity contribution in [1.82, 2.24) is 4.57 Å². The van der Waals surface area contributed by atoms with E-state index in [0.29, 0.717) is 11.3 Å². The van der Waals surface area contributed by atoms with E-state index in [0.717, 1.165) is 35.9 Å². The number of benzene rings is 1. The Balaban J connectivity index is 2.04. The monoisotopic (exact) mass is 316 g/mol. The highest BCUT2D eigenvalue weighted by molar-refractivity contribution is 7.16. The Morgan fingerprint density at radius 3 is 2.91 bits per heavy atom. The van der Waals surface area contributed by atoms with E-state index >= 15 is 0 Å². The predicted octanol–water partition coefficient (Wildman–Crippen LogP) is 3.48. The molecule has 5 heteroatoms. The molecule has 1 fully saturated rings. The third kappa shape index (κ3) is 2.97. The SMILES string of the molecule is C#CCn1c(=NC(=O)C2CCCCC2)sc2cc(F)ccc21. The van der Waals surface area contributed by atoms with Crippen molar-refractivity contribution in [2.75, 3.05) is 0 Å². The van der Waals surface area contributed by atoms with Gasteiger partial charge in [0.2, 0.25) is 0 Å². The topological polar surface area (TPSA) is 34.4 Å². The third-order valence-corrected chi connectivity index (χ3v) is 5.10. The molecule has 2 aromatic rings. The Kier molecular flexibility index (Phi) is 4.39. The lowest BCUT2D eigenvalue weighted by molar-refractivity contribution is -0.122. The minimum Gasteiger partial charge on any atom is -0.305 e. The molecule has 1 saturated carbocycles. The number of hydrogen-bond acceptors (Lipinski definition) is 2. The van der Waals surface area contributed by atoms with Gasteiger partial charge in [-0.25, -0.2) is 4.39 Å². The van der Waals surface area contributed by atoms with Crippen molar-refractivity contribution in [1.29, 1.82) is 0 Å². The molecule has 22 heavy (non-hydrogen) atoms. The summed E-state index contributed by atoms with van der Waals surface area (Å²) in [5.74, 6) is 2.23. The van der Waals surface area contributed by atoms with Crippen molar-refractivity contribution in [3.05, 3.63) is 28.8 Å². The maximum Gasteiger partial charge on any atom is 0.251 e. The molecule has 3 rings (SSSR count). The fourth-order valence-corrected chi connectivity index (χ4v) is 3.97. The van der Waals surface area contributed by atoms with Crippen LogP contribution in [0.1, 0.15) is 32.1 Å². The molecule has 3 nitrogen and oxygen atoms in total. The summed E-state index contributed by atoms with van der Waals surface area (Å²) in [7, 11) is 0. The van der Waals surface area contributed by atoms with E-state index in [9.17, 15) is 9.18 Å². The molecule has 0 spiro atoms. The molecule has 0 bridgehead atoms. The van der Waals surface area contributed by atoms with Crippen LogP contribution in [0, 0.1) is 24.1 Å². The number of terminal acetylenes is 1. The summed E-state index contributed by atoms with van der Waals surface area (Å²) < 4.78 is 15.9. The number of nitrogens with zero attached hydrogens (tertiary/aromatic N) is 2. The van der Waals surface area contributed by atoms with Crippen LogP contribution in [0.15, 0.2) is 23.2 Å². The molecule has 1 aromatic carbocycles. The number of amides is 1. The normalized spacial score (nSPS) is 16.8. The first-order valence-electron chi connectivity index (χ1n) is 7.50. The fraction of sp³-hybridized carbons (Fsp3) is 0.412. The first kappa shape index (κ1) is 15.0. The molecule has 1 amide bonds. The molecule has 1 aliphatic rings. The van der Waals surface area contributed by atoms with E-state index < -0.39 is 0 Å². The van der Waals surface area contributed by atoms with Crippen LogP contribution in [0.2, 0.25) is 0 Å². The van der Waals surface area contributed by atoms with Crippen molar-refractivity contribution in [3.63, 3.8) is 0 Å². The van der Waals surface area contributed by atoms with Gasteiger partial charge in [-0.15, -0.1) is 6.42 Å². The smallest absolute Gasteiger partial charge is 0.251 e. The Bertz CT molecular complexity index is 806. The van der Waals surface area contributed by atoms with Crippen molar-refractivity contribution in [3.8, 4) is 12.3 Å². The lowest BCUT2D eigenvalue weighted by atomic mass is 9.89. The average molecular weight is 316 g/mol. The number of thiazole rings is 1. The summed E-state index contributed by atoms with van der Waals surface area (Å²) in [6, 6.07) is 4.54. The molecule has 0 saturated heterocycles. The number of carbonyl (C=O) groups is 1. The van der Waals surface area contributed by atoms with Gasteiger partial charge >= 0.3 is 0 Å². The second-order valence-electron chi connectivity index (χ2n) is 5.57. The zero-order valence-corrected chi connectivity index (χ0v) is 13.0. The minimum absolute atomic E-state index is 0.0231. The predicted molar refractivity (Wildman–Crippen MR) is 85.8 cm³/mol. The number of rotatable bonds is 2. The van der Waals surface area contributed by atoms with Crippen LogP contribution in [0.5, 0.6) is 0 Å². The van der Waals surface area contributed by atoms with E-state index in [4.69, 9.17) is 6.42 Å². The Morgan fingerprint density at radius 2 is 2.18 bits per heavy atom. The quantitative estimate of drug-likeness (QED) is 0.781. The molecule has 0 aliphatic heterocycles. The summed E-state index contributed by atoms with van der Waals surface area (Å²) in [6.07, 6.45) is 10.6. The van der Waals surface area contributed by atoms with Crippen LogP contribution in [0.4, 0.5) is 4.39 Å².